The molecule has 0 aliphatic heterocycles. The van der Waals surface area contributed by atoms with E-state index in [-0.39, 0.29) is 18.2 Å². The van der Waals surface area contributed by atoms with Crippen LogP contribution < -0.4 is 0 Å². The quantitative estimate of drug-likeness (QED) is 0.446. The van der Waals surface area contributed by atoms with Gasteiger partial charge in [-0.25, -0.2) is 0 Å². The third-order valence-corrected chi connectivity index (χ3v) is 11.2. The monoisotopic (exact) mass is 446 g/mol. The van der Waals surface area contributed by atoms with E-state index in [0.29, 0.717) is 34.5 Å². The Bertz CT molecular complexity index is 673. The number of ether oxygens (including phenoxy) is 1. The molecule has 4 saturated carbocycles. The van der Waals surface area contributed by atoms with Crippen LogP contribution in [0, 0.1) is 52.3 Å². The fourth-order valence-electron chi connectivity index (χ4n) is 9.55. The first-order valence-corrected chi connectivity index (χ1v) is 13.9. The van der Waals surface area contributed by atoms with Gasteiger partial charge in [0.15, 0.2) is 0 Å². The first kappa shape index (κ1) is 24.6. The minimum absolute atomic E-state index is 0.0609. The van der Waals surface area contributed by atoms with Crippen molar-refractivity contribution in [3.63, 3.8) is 0 Å². The number of carbonyl (C=O) groups is 1. The summed E-state index contributed by atoms with van der Waals surface area (Å²) in [6.45, 7) is 13.9. The fraction of sp³-hybridized carbons (Fsp3) is 0.966. The Hall–Kier alpha value is -0.570. The summed E-state index contributed by atoms with van der Waals surface area (Å²) in [5.74, 6) is 4.61. The van der Waals surface area contributed by atoms with Crippen molar-refractivity contribution in [2.45, 2.75) is 124 Å². The van der Waals surface area contributed by atoms with E-state index in [1.54, 1.807) is 0 Å². The largest absolute Gasteiger partial charge is 0.463 e. The molecule has 3 nitrogen and oxygen atoms in total. The first-order chi connectivity index (χ1) is 15.1. The van der Waals surface area contributed by atoms with Crippen molar-refractivity contribution >= 4 is 5.97 Å². The molecule has 4 rings (SSSR count). The lowest BCUT2D eigenvalue weighted by atomic mass is 9.43. The molecule has 32 heavy (non-hydrogen) atoms. The van der Waals surface area contributed by atoms with E-state index in [1.165, 1.54) is 51.9 Å². The molecular weight excluding hydrogens is 396 g/mol. The summed E-state index contributed by atoms with van der Waals surface area (Å²) in [6.07, 6.45) is 13.3. The van der Waals surface area contributed by atoms with Gasteiger partial charge >= 0.3 is 5.97 Å². The molecule has 0 saturated heterocycles. The lowest BCUT2D eigenvalue weighted by molar-refractivity contribution is -0.182. The molecule has 0 aromatic rings. The molecule has 0 radical (unpaired) electrons. The topological polar surface area (TPSA) is 46.5 Å². The van der Waals surface area contributed by atoms with Gasteiger partial charge < -0.3 is 9.84 Å². The van der Waals surface area contributed by atoms with Crippen molar-refractivity contribution in [1.29, 1.82) is 0 Å². The van der Waals surface area contributed by atoms with Gasteiger partial charge in [0.05, 0.1) is 6.10 Å². The van der Waals surface area contributed by atoms with Gasteiger partial charge in [0.25, 0.3) is 0 Å². The molecule has 0 aromatic carbocycles. The Labute approximate surface area is 197 Å². The molecule has 0 spiro atoms. The predicted molar refractivity (Wildman–Crippen MR) is 130 cm³/mol. The molecule has 10 atom stereocenters. The van der Waals surface area contributed by atoms with Crippen LogP contribution in [0.2, 0.25) is 0 Å². The Balaban J connectivity index is 1.48. The van der Waals surface area contributed by atoms with Crippen LogP contribution >= 0.6 is 0 Å². The molecule has 8 unspecified atom stereocenters. The van der Waals surface area contributed by atoms with Gasteiger partial charge in [-0.2, -0.15) is 0 Å². The van der Waals surface area contributed by atoms with Gasteiger partial charge in [-0.05, 0) is 104 Å². The lowest BCUT2D eigenvalue weighted by Crippen LogP contribution is -2.58. The zero-order chi connectivity index (χ0) is 23.3. The number of hydrogen-bond donors (Lipinski definition) is 1. The van der Waals surface area contributed by atoms with Crippen molar-refractivity contribution in [2.24, 2.45) is 52.3 Å². The predicted octanol–water partition coefficient (Wildman–Crippen LogP) is 7.01. The number of esters is 1. The Kier molecular flexibility index (Phi) is 7.08. The maximum atomic E-state index is 11.5. The minimum atomic E-state index is -0.172. The highest BCUT2D eigenvalue weighted by atomic mass is 16.5. The average molecular weight is 447 g/mol. The third-order valence-electron chi connectivity index (χ3n) is 11.2. The van der Waals surface area contributed by atoms with Crippen molar-refractivity contribution in [2.75, 3.05) is 0 Å². The summed E-state index contributed by atoms with van der Waals surface area (Å²) in [4.78, 5) is 11.5. The zero-order valence-electron chi connectivity index (χ0n) is 21.7. The molecule has 4 aliphatic carbocycles. The van der Waals surface area contributed by atoms with Crippen LogP contribution in [0.1, 0.15) is 112 Å². The second kappa shape index (κ2) is 9.23. The molecule has 0 heterocycles. The van der Waals surface area contributed by atoms with Crippen LogP contribution in [-0.4, -0.2) is 23.3 Å². The van der Waals surface area contributed by atoms with Crippen molar-refractivity contribution in [3.05, 3.63) is 0 Å². The Morgan fingerprint density at radius 3 is 2.34 bits per heavy atom. The fourth-order valence-corrected chi connectivity index (χ4v) is 9.55. The van der Waals surface area contributed by atoms with E-state index in [0.717, 1.165) is 43.4 Å². The van der Waals surface area contributed by atoms with E-state index in [4.69, 9.17) is 4.74 Å². The van der Waals surface area contributed by atoms with Gasteiger partial charge in [0, 0.05) is 6.92 Å². The van der Waals surface area contributed by atoms with E-state index in [2.05, 4.69) is 34.6 Å². The highest BCUT2D eigenvalue weighted by Crippen LogP contribution is 2.68. The zero-order valence-corrected chi connectivity index (χ0v) is 21.7. The molecule has 1 N–H and O–H groups in total. The summed E-state index contributed by atoms with van der Waals surface area (Å²) >= 11 is 0. The molecule has 4 aliphatic rings. The summed E-state index contributed by atoms with van der Waals surface area (Å²) in [6, 6.07) is 0. The van der Waals surface area contributed by atoms with Gasteiger partial charge in [0.1, 0.15) is 6.10 Å². The van der Waals surface area contributed by atoms with Crippen LogP contribution in [0.5, 0.6) is 0 Å². The SMILES string of the molecule is CC(=O)OC1CCC2(C)C3CCC4(C)C(CCC4[C@H](C)CCCC(C)C)C3C(O)C[C@H]2C1. The van der Waals surface area contributed by atoms with Gasteiger partial charge in [-0.15, -0.1) is 0 Å². The lowest BCUT2D eigenvalue weighted by Gasteiger charge is -2.62. The Morgan fingerprint density at radius 1 is 0.969 bits per heavy atom. The summed E-state index contributed by atoms with van der Waals surface area (Å²) < 4.78 is 5.61. The standard InChI is InChI=1S/C29H50O3/c1-18(2)8-7-9-19(3)23-10-11-24-27-25(13-15-29(23,24)6)28(5)14-12-22(32-20(4)30)16-21(28)17-26(27)31/h18-19,21-27,31H,7-17H2,1-6H3/t19-,21-,22?,23?,24?,25?,26?,27?,28?,29?/m1/s1. The number of aliphatic hydroxyl groups is 1. The molecule has 3 heteroatoms. The normalized spacial score (nSPS) is 46.8. The molecule has 0 bridgehead atoms. The number of carbonyl (C=O) groups excluding carboxylic acids is 1. The van der Waals surface area contributed by atoms with Crippen molar-refractivity contribution in [3.8, 4) is 0 Å². The Morgan fingerprint density at radius 2 is 1.66 bits per heavy atom. The molecule has 0 amide bonds. The number of rotatable bonds is 6. The second-order valence-electron chi connectivity index (χ2n) is 13.3. The van der Waals surface area contributed by atoms with Crippen LogP contribution in [0.3, 0.4) is 0 Å². The highest BCUT2D eigenvalue weighted by molar-refractivity contribution is 5.66. The average Bonchev–Trinajstić information content (AvgIpc) is 3.05. The van der Waals surface area contributed by atoms with Crippen LogP contribution in [0.4, 0.5) is 0 Å². The highest BCUT2D eigenvalue weighted by Gasteiger charge is 2.63. The summed E-state index contributed by atoms with van der Waals surface area (Å²) in [5.41, 5.74) is 0.723. The van der Waals surface area contributed by atoms with Crippen molar-refractivity contribution < 1.29 is 14.6 Å². The minimum Gasteiger partial charge on any atom is -0.463 e. The van der Waals surface area contributed by atoms with Crippen LogP contribution in [0.15, 0.2) is 0 Å². The molecule has 184 valence electrons. The third kappa shape index (κ3) is 4.29. The summed E-state index contributed by atoms with van der Waals surface area (Å²) in [7, 11) is 0. The van der Waals surface area contributed by atoms with Crippen LogP contribution in [-0.2, 0) is 9.53 Å². The van der Waals surface area contributed by atoms with Crippen molar-refractivity contribution in [1.82, 2.24) is 0 Å². The van der Waals surface area contributed by atoms with E-state index in [1.807, 2.05) is 0 Å². The number of fused-ring (bicyclic) bond motifs is 5. The molecule has 4 fully saturated rings. The van der Waals surface area contributed by atoms with E-state index in [9.17, 15) is 9.90 Å². The van der Waals surface area contributed by atoms with Gasteiger partial charge in [-0.1, -0.05) is 53.9 Å². The molecule has 0 aromatic heterocycles. The first-order valence-electron chi connectivity index (χ1n) is 13.9. The van der Waals surface area contributed by atoms with E-state index < -0.39 is 0 Å². The smallest absolute Gasteiger partial charge is 0.302 e. The van der Waals surface area contributed by atoms with E-state index >= 15 is 0 Å². The number of hydrogen-bond acceptors (Lipinski definition) is 3. The molecular formula is C29H50O3. The van der Waals surface area contributed by atoms with Gasteiger partial charge in [0.2, 0.25) is 0 Å². The van der Waals surface area contributed by atoms with Gasteiger partial charge in [-0.3, -0.25) is 4.79 Å². The maximum Gasteiger partial charge on any atom is 0.302 e. The summed E-state index contributed by atoms with van der Waals surface area (Å²) in [5, 5.41) is 11.5. The number of aliphatic hydroxyl groups excluding tert-OH is 1. The van der Waals surface area contributed by atoms with Crippen LogP contribution in [0.25, 0.3) is 0 Å². The second-order valence-corrected chi connectivity index (χ2v) is 13.3. The maximum absolute atomic E-state index is 11.5.